The number of nitrogens with zero attached hydrogens (tertiary/aromatic N) is 3. The Morgan fingerprint density at radius 3 is 2.73 bits per heavy atom. The van der Waals surface area contributed by atoms with Crippen molar-refractivity contribution in [2.75, 3.05) is 31.6 Å². The lowest BCUT2D eigenvalue weighted by Crippen LogP contribution is -2.43. The number of carbonyl (C=O) groups excluding carboxylic acids is 1. The molecule has 7 nitrogen and oxygen atoms in total. The van der Waals surface area contributed by atoms with Crippen molar-refractivity contribution >= 4 is 29.1 Å². The summed E-state index contributed by atoms with van der Waals surface area (Å²) in [5.41, 5.74) is 0.259. The fourth-order valence-corrected chi connectivity index (χ4v) is 3.39. The van der Waals surface area contributed by atoms with E-state index in [4.69, 9.17) is 16.3 Å². The van der Waals surface area contributed by atoms with Gasteiger partial charge >= 0.3 is 6.09 Å². The number of benzene rings is 1. The molecule has 1 aromatic rings. The summed E-state index contributed by atoms with van der Waals surface area (Å²) in [7, 11) is 1.74. The molecule has 1 aliphatic heterocycles. The van der Waals surface area contributed by atoms with Crippen molar-refractivity contribution in [1.29, 1.82) is 0 Å². The van der Waals surface area contributed by atoms with Crippen molar-refractivity contribution in [1.82, 2.24) is 4.90 Å². The zero-order chi connectivity index (χ0) is 19.5. The first-order chi connectivity index (χ1) is 12.1. The third-order valence-electron chi connectivity index (χ3n) is 4.24. The zero-order valence-electron chi connectivity index (χ0n) is 15.7. The van der Waals surface area contributed by atoms with Gasteiger partial charge in [-0.2, -0.15) is 0 Å². The molecule has 1 atom stereocenters. The van der Waals surface area contributed by atoms with Crippen LogP contribution >= 0.6 is 11.6 Å². The van der Waals surface area contributed by atoms with Crippen LogP contribution in [0.4, 0.5) is 16.2 Å². The van der Waals surface area contributed by atoms with Gasteiger partial charge in [0.15, 0.2) is 0 Å². The first kappa shape index (κ1) is 20.3. The zero-order valence-corrected chi connectivity index (χ0v) is 16.5. The topological polar surface area (TPSA) is 75.9 Å². The number of nitro benzene ring substituents is 1. The summed E-state index contributed by atoms with van der Waals surface area (Å²) in [5, 5.41) is 11.2. The Hall–Kier alpha value is -2.02. The molecule has 1 unspecified atom stereocenters. The summed E-state index contributed by atoms with van der Waals surface area (Å²) >= 11 is 6.25. The van der Waals surface area contributed by atoms with Gasteiger partial charge in [0.2, 0.25) is 0 Å². The van der Waals surface area contributed by atoms with Crippen LogP contribution in [0.2, 0.25) is 5.02 Å². The second-order valence-corrected chi connectivity index (χ2v) is 8.12. The Bertz CT molecular complexity index is 675. The van der Waals surface area contributed by atoms with Crippen LogP contribution in [-0.4, -0.2) is 48.2 Å². The van der Waals surface area contributed by atoms with E-state index in [0.29, 0.717) is 11.6 Å². The van der Waals surface area contributed by atoms with Crippen LogP contribution in [0.25, 0.3) is 0 Å². The normalized spacial score (nSPS) is 17.7. The van der Waals surface area contributed by atoms with Gasteiger partial charge < -0.3 is 14.5 Å². The minimum absolute atomic E-state index is 0.0167. The van der Waals surface area contributed by atoms with Gasteiger partial charge in [0, 0.05) is 38.8 Å². The number of amides is 1. The number of nitro groups is 1. The maximum absolute atomic E-state index is 12.1. The Morgan fingerprint density at radius 1 is 1.46 bits per heavy atom. The molecule has 1 aromatic carbocycles. The van der Waals surface area contributed by atoms with E-state index in [1.54, 1.807) is 18.0 Å². The molecule has 1 saturated heterocycles. The minimum Gasteiger partial charge on any atom is -0.444 e. The van der Waals surface area contributed by atoms with E-state index in [-0.39, 0.29) is 17.7 Å². The van der Waals surface area contributed by atoms with Crippen molar-refractivity contribution < 1.29 is 14.5 Å². The van der Waals surface area contributed by atoms with Crippen molar-refractivity contribution in [3.63, 3.8) is 0 Å². The Balaban J connectivity index is 2.01. The van der Waals surface area contributed by atoms with Gasteiger partial charge in [0.05, 0.1) is 15.6 Å². The number of halogens is 1. The molecule has 0 N–H and O–H groups in total. The summed E-state index contributed by atoms with van der Waals surface area (Å²) in [6.45, 7) is 7.71. The fraction of sp³-hybridized carbons (Fsp3) is 0.611. The number of anilines is 1. The number of ether oxygens (including phenoxy) is 1. The summed E-state index contributed by atoms with van der Waals surface area (Å²) in [6.07, 6.45) is 1.65. The quantitative estimate of drug-likeness (QED) is 0.571. The van der Waals surface area contributed by atoms with E-state index >= 15 is 0 Å². The van der Waals surface area contributed by atoms with E-state index < -0.39 is 10.5 Å². The van der Waals surface area contributed by atoms with Crippen LogP contribution in [0.3, 0.4) is 0 Å². The summed E-state index contributed by atoms with van der Waals surface area (Å²) in [6, 6.07) is 4.55. The van der Waals surface area contributed by atoms with Crippen LogP contribution < -0.4 is 4.90 Å². The van der Waals surface area contributed by atoms with E-state index in [0.717, 1.165) is 31.6 Å². The van der Waals surface area contributed by atoms with E-state index in [9.17, 15) is 14.9 Å². The molecule has 0 saturated carbocycles. The van der Waals surface area contributed by atoms with Gasteiger partial charge in [-0.05, 0) is 45.6 Å². The number of non-ortho nitro benzene ring substituents is 1. The molecular formula is C18H26ClN3O4. The second-order valence-electron chi connectivity index (χ2n) is 7.71. The Morgan fingerprint density at radius 2 is 2.15 bits per heavy atom. The third kappa shape index (κ3) is 5.49. The largest absolute Gasteiger partial charge is 0.444 e. The fourth-order valence-electron chi connectivity index (χ4n) is 3.10. The Kier molecular flexibility index (Phi) is 6.34. The highest BCUT2D eigenvalue weighted by atomic mass is 35.5. The third-order valence-corrected chi connectivity index (χ3v) is 4.54. The summed E-state index contributed by atoms with van der Waals surface area (Å²) < 4.78 is 5.40. The second kappa shape index (κ2) is 8.12. The smallest absolute Gasteiger partial charge is 0.410 e. The molecule has 8 heteroatoms. The summed E-state index contributed by atoms with van der Waals surface area (Å²) in [4.78, 5) is 26.3. The first-order valence-corrected chi connectivity index (χ1v) is 9.07. The van der Waals surface area contributed by atoms with Crippen molar-refractivity contribution in [2.24, 2.45) is 5.92 Å². The summed E-state index contributed by atoms with van der Waals surface area (Å²) in [5.74, 6) is 0.285. The number of hydrogen-bond donors (Lipinski definition) is 0. The molecule has 0 aliphatic carbocycles. The molecule has 0 bridgehead atoms. The maximum Gasteiger partial charge on any atom is 0.410 e. The van der Waals surface area contributed by atoms with Crippen molar-refractivity contribution in [3.8, 4) is 0 Å². The number of carbonyl (C=O) groups is 1. The number of piperidine rings is 1. The van der Waals surface area contributed by atoms with E-state index in [2.05, 4.69) is 4.90 Å². The van der Waals surface area contributed by atoms with Gasteiger partial charge in [0.25, 0.3) is 5.69 Å². The average Bonchev–Trinajstić information content (AvgIpc) is 2.53. The molecule has 1 heterocycles. The van der Waals surface area contributed by atoms with E-state index in [1.165, 1.54) is 12.1 Å². The molecule has 1 amide bonds. The monoisotopic (exact) mass is 383 g/mol. The molecule has 144 valence electrons. The van der Waals surface area contributed by atoms with Crippen molar-refractivity contribution in [3.05, 3.63) is 33.3 Å². The maximum atomic E-state index is 12.1. The highest BCUT2D eigenvalue weighted by Gasteiger charge is 2.26. The van der Waals surface area contributed by atoms with Gasteiger partial charge in [0.1, 0.15) is 5.60 Å². The Labute approximate surface area is 159 Å². The van der Waals surface area contributed by atoms with Gasteiger partial charge in [-0.15, -0.1) is 0 Å². The van der Waals surface area contributed by atoms with Crippen LogP contribution in [0, 0.1) is 16.0 Å². The number of hydrogen-bond acceptors (Lipinski definition) is 5. The highest BCUT2D eigenvalue weighted by molar-refractivity contribution is 6.33. The van der Waals surface area contributed by atoms with Gasteiger partial charge in [-0.3, -0.25) is 10.1 Å². The van der Waals surface area contributed by atoms with Gasteiger partial charge in [-0.1, -0.05) is 11.6 Å². The van der Waals surface area contributed by atoms with Crippen LogP contribution in [0.1, 0.15) is 33.6 Å². The molecule has 0 aromatic heterocycles. The van der Waals surface area contributed by atoms with Crippen LogP contribution in [0.5, 0.6) is 0 Å². The lowest BCUT2D eigenvalue weighted by molar-refractivity contribution is -0.384. The molecule has 1 fully saturated rings. The standard InChI is InChI=1S/C18H26ClN3O4/c1-18(2,3)26-17(23)20(4)11-13-6-5-9-21(12-13)16-8-7-14(22(24)25)10-15(16)19/h7-8,10,13H,5-6,9,11-12H2,1-4H3. The van der Waals surface area contributed by atoms with Crippen LogP contribution in [-0.2, 0) is 4.74 Å². The molecule has 2 rings (SSSR count). The molecular weight excluding hydrogens is 358 g/mol. The predicted molar refractivity (Wildman–Crippen MR) is 102 cm³/mol. The van der Waals surface area contributed by atoms with Gasteiger partial charge in [-0.25, -0.2) is 4.79 Å². The van der Waals surface area contributed by atoms with Crippen molar-refractivity contribution in [2.45, 2.75) is 39.2 Å². The highest BCUT2D eigenvalue weighted by Crippen LogP contribution is 2.32. The molecule has 26 heavy (non-hydrogen) atoms. The molecule has 1 aliphatic rings. The lowest BCUT2D eigenvalue weighted by atomic mass is 9.97. The predicted octanol–water partition coefficient (Wildman–Crippen LogP) is 4.33. The number of rotatable bonds is 4. The van der Waals surface area contributed by atoms with Crippen LogP contribution in [0.15, 0.2) is 18.2 Å². The first-order valence-electron chi connectivity index (χ1n) is 8.70. The molecule has 0 spiro atoms. The minimum atomic E-state index is -0.518. The molecule has 0 radical (unpaired) electrons. The SMILES string of the molecule is CN(CC1CCCN(c2ccc([N+](=O)[O-])cc2Cl)C1)C(=O)OC(C)(C)C. The van der Waals surface area contributed by atoms with E-state index in [1.807, 2.05) is 20.8 Å². The lowest BCUT2D eigenvalue weighted by Gasteiger charge is -2.36. The average molecular weight is 384 g/mol.